The molecular weight excluding hydrogens is 229 g/mol. The minimum absolute atomic E-state index is 0.236. The second kappa shape index (κ2) is 4.75. The molecule has 1 aliphatic carbocycles. The SMILES string of the molecule is FC(F)(F)OC1C=CC=C(c2ccccc2)C1. The van der Waals surface area contributed by atoms with Gasteiger partial charge in [0.15, 0.2) is 0 Å². The van der Waals surface area contributed by atoms with Crippen LogP contribution in [0.25, 0.3) is 5.57 Å². The molecule has 0 heterocycles. The lowest BCUT2D eigenvalue weighted by atomic mass is 9.96. The molecule has 0 aromatic heterocycles. The fourth-order valence-electron chi connectivity index (χ4n) is 1.77. The van der Waals surface area contributed by atoms with Crippen LogP contribution < -0.4 is 0 Å². The lowest BCUT2D eigenvalue weighted by molar-refractivity contribution is -0.335. The van der Waals surface area contributed by atoms with Gasteiger partial charge in [0.25, 0.3) is 0 Å². The van der Waals surface area contributed by atoms with Crippen molar-refractivity contribution in [2.24, 2.45) is 0 Å². The molecule has 17 heavy (non-hydrogen) atoms. The van der Waals surface area contributed by atoms with Crippen molar-refractivity contribution in [3.05, 3.63) is 54.1 Å². The Hall–Kier alpha value is -1.55. The van der Waals surface area contributed by atoms with E-state index in [4.69, 9.17) is 0 Å². The third-order valence-electron chi connectivity index (χ3n) is 2.47. The number of allylic oxidation sites excluding steroid dienone is 2. The number of benzene rings is 1. The van der Waals surface area contributed by atoms with Crippen LogP contribution in [-0.2, 0) is 4.74 Å². The molecule has 0 aliphatic heterocycles. The molecular formula is C13H11F3O. The van der Waals surface area contributed by atoms with Crippen molar-refractivity contribution in [2.75, 3.05) is 0 Å². The maximum absolute atomic E-state index is 12.1. The van der Waals surface area contributed by atoms with Gasteiger partial charge in [0.1, 0.15) is 0 Å². The second-order valence-electron chi connectivity index (χ2n) is 3.75. The van der Waals surface area contributed by atoms with E-state index in [0.717, 1.165) is 11.1 Å². The number of halogens is 3. The first-order valence-electron chi connectivity index (χ1n) is 5.22. The summed E-state index contributed by atoms with van der Waals surface area (Å²) in [4.78, 5) is 0. The molecule has 0 amide bonds. The Balaban J connectivity index is 2.08. The van der Waals surface area contributed by atoms with E-state index >= 15 is 0 Å². The molecule has 0 fully saturated rings. The van der Waals surface area contributed by atoms with Crippen molar-refractivity contribution in [3.8, 4) is 0 Å². The third kappa shape index (κ3) is 3.46. The van der Waals surface area contributed by atoms with E-state index < -0.39 is 12.5 Å². The molecule has 0 saturated carbocycles. The van der Waals surface area contributed by atoms with Gasteiger partial charge in [-0.1, -0.05) is 48.6 Å². The van der Waals surface area contributed by atoms with E-state index in [-0.39, 0.29) is 6.42 Å². The molecule has 0 saturated heterocycles. The van der Waals surface area contributed by atoms with Crippen LogP contribution in [0.2, 0.25) is 0 Å². The summed E-state index contributed by atoms with van der Waals surface area (Å²) in [5.74, 6) is 0. The molecule has 1 aromatic carbocycles. The smallest absolute Gasteiger partial charge is 0.284 e. The van der Waals surface area contributed by atoms with Crippen LogP contribution in [0.15, 0.2) is 48.6 Å². The molecule has 0 N–H and O–H groups in total. The number of hydrogen-bond acceptors (Lipinski definition) is 1. The summed E-state index contributed by atoms with van der Waals surface area (Å²) in [7, 11) is 0. The molecule has 1 aliphatic rings. The van der Waals surface area contributed by atoms with Crippen molar-refractivity contribution < 1.29 is 17.9 Å². The molecule has 4 heteroatoms. The van der Waals surface area contributed by atoms with Gasteiger partial charge < -0.3 is 0 Å². The van der Waals surface area contributed by atoms with E-state index in [1.165, 1.54) is 6.08 Å². The summed E-state index contributed by atoms with van der Waals surface area (Å²) in [5, 5.41) is 0. The van der Waals surface area contributed by atoms with Crippen LogP contribution in [0.1, 0.15) is 12.0 Å². The third-order valence-corrected chi connectivity index (χ3v) is 2.47. The molecule has 0 spiro atoms. The van der Waals surface area contributed by atoms with Gasteiger partial charge in [0, 0.05) is 6.42 Å². The van der Waals surface area contributed by atoms with Crippen molar-refractivity contribution in [1.29, 1.82) is 0 Å². The Morgan fingerprint density at radius 3 is 2.47 bits per heavy atom. The Kier molecular flexibility index (Phi) is 3.33. The van der Waals surface area contributed by atoms with Gasteiger partial charge in [-0.05, 0) is 11.1 Å². The van der Waals surface area contributed by atoms with Crippen LogP contribution >= 0.6 is 0 Å². The highest BCUT2D eigenvalue weighted by Gasteiger charge is 2.33. The summed E-state index contributed by atoms with van der Waals surface area (Å²) >= 11 is 0. The Morgan fingerprint density at radius 2 is 1.82 bits per heavy atom. The largest absolute Gasteiger partial charge is 0.523 e. The minimum atomic E-state index is -4.59. The number of ether oxygens (including phenoxy) is 1. The van der Waals surface area contributed by atoms with Crippen LogP contribution in [0.3, 0.4) is 0 Å². The average molecular weight is 240 g/mol. The van der Waals surface area contributed by atoms with E-state index in [0.29, 0.717) is 0 Å². The Morgan fingerprint density at radius 1 is 1.12 bits per heavy atom. The zero-order valence-electron chi connectivity index (χ0n) is 8.95. The normalized spacial score (nSPS) is 20.2. The van der Waals surface area contributed by atoms with Crippen LogP contribution in [0.4, 0.5) is 13.2 Å². The molecule has 1 unspecified atom stereocenters. The maximum atomic E-state index is 12.1. The number of alkyl halides is 3. The van der Waals surface area contributed by atoms with E-state index in [1.807, 2.05) is 36.4 Å². The predicted molar refractivity (Wildman–Crippen MR) is 59.1 cm³/mol. The first kappa shape index (κ1) is 11.9. The average Bonchev–Trinajstić information content (AvgIpc) is 2.28. The summed E-state index contributed by atoms with van der Waals surface area (Å²) in [6.07, 6.45) is -0.461. The van der Waals surface area contributed by atoms with Crippen molar-refractivity contribution in [1.82, 2.24) is 0 Å². The van der Waals surface area contributed by atoms with Crippen molar-refractivity contribution >= 4 is 5.57 Å². The number of rotatable bonds is 2. The van der Waals surface area contributed by atoms with Gasteiger partial charge in [0.2, 0.25) is 0 Å². The van der Waals surface area contributed by atoms with Gasteiger partial charge >= 0.3 is 6.36 Å². The molecule has 0 bridgehead atoms. The monoisotopic (exact) mass is 240 g/mol. The van der Waals surface area contributed by atoms with Crippen molar-refractivity contribution in [2.45, 2.75) is 18.9 Å². The lowest BCUT2D eigenvalue weighted by Crippen LogP contribution is -2.23. The van der Waals surface area contributed by atoms with Crippen LogP contribution in [-0.4, -0.2) is 12.5 Å². The van der Waals surface area contributed by atoms with Crippen LogP contribution in [0, 0.1) is 0 Å². The van der Waals surface area contributed by atoms with Gasteiger partial charge in [0.05, 0.1) is 6.10 Å². The molecule has 1 aromatic rings. The van der Waals surface area contributed by atoms with Gasteiger partial charge in [-0.15, -0.1) is 13.2 Å². The maximum Gasteiger partial charge on any atom is 0.523 e. The lowest BCUT2D eigenvalue weighted by Gasteiger charge is -2.20. The summed E-state index contributed by atoms with van der Waals surface area (Å²) < 4.78 is 40.3. The van der Waals surface area contributed by atoms with Gasteiger partial charge in [-0.25, -0.2) is 0 Å². The highest BCUT2D eigenvalue weighted by molar-refractivity contribution is 5.68. The standard InChI is InChI=1S/C13H11F3O/c14-13(15,16)17-12-8-4-7-11(9-12)10-5-2-1-3-6-10/h1-8,12H,9H2. The first-order chi connectivity index (χ1) is 8.04. The van der Waals surface area contributed by atoms with Gasteiger partial charge in [-0.3, -0.25) is 4.74 Å². The first-order valence-corrected chi connectivity index (χ1v) is 5.22. The molecule has 90 valence electrons. The number of hydrogen-bond donors (Lipinski definition) is 0. The molecule has 1 atom stereocenters. The highest BCUT2D eigenvalue weighted by atomic mass is 19.4. The quantitative estimate of drug-likeness (QED) is 0.760. The van der Waals surface area contributed by atoms with E-state index in [9.17, 15) is 13.2 Å². The Bertz CT molecular complexity index is 432. The topological polar surface area (TPSA) is 9.23 Å². The second-order valence-corrected chi connectivity index (χ2v) is 3.75. The molecule has 0 radical (unpaired) electrons. The zero-order chi connectivity index (χ0) is 12.3. The van der Waals surface area contributed by atoms with Crippen molar-refractivity contribution in [3.63, 3.8) is 0 Å². The summed E-state index contributed by atoms with van der Waals surface area (Å²) in [6, 6.07) is 9.32. The fraction of sp³-hybridized carbons (Fsp3) is 0.231. The van der Waals surface area contributed by atoms with Gasteiger partial charge in [-0.2, -0.15) is 0 Å². The predicted octanol–water partition coefficient (Wildman–Crippen LogP) is 3.93. The van der Waals surface area contributed by atoms with Crippen LogP contribution in [0.5, 0.6) is 0 Å². The summed E-state index contributed by atoms with van der Waals surface area (Å²) in [5.41, 5.74) is 1.77. The molecule has 1 nitrogen and oxygen atoms in total. The fourth-order valence-corrected chi connectivity index (χ4v) is 1.77. The van der Waals surface area contributed by atoms with E-state index in [2.05, 4.69) is 4.74 Å². The Labute approximate surface area is 97.2 Å². The summed E-state index contributed by atoms with van der Waals surface area (Å²) in [6.45, 7) is 0. The molecule has 2 rings (SSSR count). The minimum Gasteiger partial charge on any atom is -0.284 e. The highest BCUT2D eigenvalue weighted by Crippen LogP contribution is 2.29. The zero-order valence-corrected chi connectivity index (χ0v) is 8.95. The van der Waals surface area contributed by atoms with E-state index in [1.54, 1.807) is 6.08 Å².